The first kappa shape index (κ1) is 23.0. The van der Waals surface area contributed by atoms with E-state index in [9.17, 15) is 13.2 Å². The van der Waals surface area contributed by atoms with Gasteiger partial charge in [-0.05, 0) is 64.3 Å². The average Bonchev–Trinajstić information content (AvgIpc) is 3.27. The van der Waals surface area contributed by atoms with Crippen LogP contribution in [0.1, 0.15) is 36.3 Å². The van der Waals surface area contributed by atoms with Crippen molar-refractivity contribution in [1.29, 1.82) is 0 Å². The number of nitrogens with zero attached hydrogens (tertiary/aromatic N) is 5. The third kappa shape index (κ3) is 4.11. The maximum absolute atomic E-state index is 14.0. The number of anilines is 1. The summed E-state index contributed by atoms with van der Waals surface area (Å²) in [4.78, 5) is 18.5. The van der Waals surface area contributed by atoms with Gasteiger partial charge < -0.3 is 19.7 Å². The van der Waals surface area contributed by atoms with E-state index < -0.39 is 11.7 Å². The number of halogens is 3. The topological polar surface area (TPSA) is 95.8 Å². The van der Waals surface area contributed by atoms with Gasteiger partial charge in [0.1, 0.15) is 17.0 Å². The molecule has 11 heteroatoms. The van der Waals surface area contributed by atoms with Crippen LogP contribution in [0.25, 0.3) is 33.5 Å². The van der Waals surface area contributed by atoms with Crippen LogP contribution >= 0.6 is 0 Å². The van der Waals surface area contributed by atoms with Crippen LogP contribution in [0.3, 0.4) is 0 Å². The zero-order valence-electron chi connectivity index (χ0n) is 20.0. The lowest BCUT2D eigenvalue weighted by Gasteiger charge is -2.26. The molecule has 0 amide bonds. The molecule has 7 heterocycles. The summed E-state index contributed by atoms with van der Waals surface area (Å²) in [6.45, 7) is 6.60. The maximum atomic E-state index is 14.0. The van der Waals surface area contributed by atoms with Gasteiger partial charge in [0.05, 0.1) is 22.6 Å². The zero-order valence-corrected chi connectivity index (χ0v) is 20.0. The molecule has 3 fully saturated rings. The van der Waals surface area contributed by atoms with Crippen LogP contribution in [0.4, 0.5) is 19.1 Å². The summed E-state index contributed by atoms with van der Waals surface area (Å²) in [6, 6.07) is 3.61. The van der Waals surface area contributed by atoms with Crippen molar-refractivity contribution in [2.24, 2.45) is 5.92 Å². The second-order valence-corrected chi connectivity index (χ2v) is 9.77. The number of hydrogen-bond acceptors (Lipinski definition) is 7. The molecule has 3 saturated heterocycles. The highest BCUT2D eigenvalue weighted by Crippen LogP contribution is 2.39. The lowest BCUT2D eigenvalue weighted by molar-refractivity contribution is -0.137. The van der Waals surface area contributed by atoms with Gasteiger partial charge >= 0.3 is 6.18 Å². The first-order chi connectivity index (χ1) is 17.3. The van der Waals surface area contributed by atoms with Crippen molar-refractivity contribution in [3.05, 3.63) is 41.5 Å². The molecule has 0 spiro atoms. The molecule has 7 rings (SSSR count). The minimum absolute atomic E-state index is 0.104. The normalized spacial score (nSPS) is 22.2. The van der Waals surface area contributed by atoms with E-state index in [-0.39, 0.29) is 17.7 Å². The van der Waals surface area contributed by atoms with Crippen LogP contribution in [0.2, 0.25) is 0 Å². The summed E-state index contributed by atoms with van der Waals surface area (Å²) in [5.41, 5.74) is 1.82. The van der Waals surface area contributed by atoms with Gasteiger partial charge in [-0.2, -0.15) is 13.2 Å². The van der Waals surface area contributed by atoms with Crippen molar-refractivity contribution in [3.63, 3.8) is 0 Å². The number of aromatic nitrogens is 5. The number of rotatable bonds is 4. The molecule has 2 N–H and O–H groups in total. The number of hydrogen-bond donors (Lipinski definition) is 2. The summed E-state index contributed by atoms with van der Waals surface area (Å²) in [5, 5.41) is 7.82. The van der Waals surface area contributed by atoms with E-state index in [0.29, 0.717) is 39.7 Å². The quantitative estimate of drug-likeness (QED) is 0.400. The number of piperidine rings is 1. The van der Waals surface area contributed by atoms with Gasteiger partial charge in [-0.1, -0.05) is 5.16 Å². The van der Waals surface area contributed by atoms with E-state index in [0.717, 1.165) is 50.7 Å². The summed E-state index contributed by atoms with van der Waals surface area (Å²) in [5.74, 6) is 1.46. The Labute approximate surface area is 205 Å². The van der Waals surface area contributed by atoms with Crippen molar-refractivity contribution in [1.82, 2.24) is 30.0 Å². The Bertz CT molecular complexity index is 1390. The smallest absolute Gasteiger partial charge is 0.361 e. The first-order valence-electron chi connectivity index (χ1n) is 12.1. The molecular weight excluding hydrogens is 471 g/mol. The molecule has 1 atom stereocenters. The van der Waals surface area contributed by atoms with Crippen LogP contribution in [-0.2, 0) is 6.18 Å². The average molecular weight is 498 g/mol. The van der Waals surface area contributed by atoms with Crippen molar-refractivity contribution < 1.29 is 17.7 Å². The molecule has 3 aliphatic rings. The maximum Gasteiger partial charge on any atom is 0.419 e. The van der Waals surface area contributed by atoms with Crippen LogP contribution in [-0.4, -0.2) is 55.7 Å². The summed E-state index contributed by atoms with van der Waals surface area (Å²) in [6.07, 6.45) is 1.09. The predicted molar refractivity (Wildman–Crippen MR) is 128 cm³/mol. The highest BCUT2D eigenvalue weighted by Gasteiger charge is 2.37. The van der Waals surface area contributed by atoms with E-state index in [2.05, 4.69) is 35.3 Å². The fourth-order valence-corrected chi connectivity index (χ4v) is 5.53. The molecule has 36 heavy (non-hydrogen) atoms. The molecule has 0 saturated carbocycles. The molecule has 188 valence electrons. The number of pyridine rings is 1. The fraction of sp³-hybridized carbons (Fsp3) is 0.440. The van der Waals surface area contributed by atoms with Crippen molar-refractivity contribution >= 4 is 17.0 Å². The molecule has 0 radical (unpaired) electrons. The molecule has 0 unspecified atom stereocenters. The van der Waals surface area contributed by atoms with Gasteiger partial charge in [-0.3, -0.25) is 0 Å². The fourth-order valence-electron chi connectivity index (χ4n) is 5.53. The lowest BCUT2D eigenvalue weighted by atomic mass is 9.94. The van der Waals surface area contributed by atoms with Gasteiger partial charge in [-0.25, -0.2) is 15.0 Å². The number of nitrogens with one attached hydrogen (secondary N) is 2. The minimum atomic E-state index is -4.60. The van der Waals surface area contributed by atoms with Gasteiger partial charge in [0, 0.05) is 35.9 Å². The highest BCUT2D eigenvalue weighted by molar-refractivity contribution is 5.94. The Morgan fingerprint density at radius 2 is 1.94 bits per heavy atom. The Morgan fingerprint density at radius 1 is 1.14 bits per heavy atom. The highest BCUT2D eigenvalue weighted by atomic mass is 19.4. The number of alkyl halides is 3. The van der Waals surface area contributed by atoms with Gasteiger partial charge in [0.2, 0.25) is 5.95 Å². The second kappa shape index (κ2) is 8.58. The second-order valence-electron chi connectivity index (χ2n) is 9.77. The Hall–Kier alpha value is -3.47. The minimum Gasteiger partial charge on any atom is -0.361 e. The summed E-state index contributed by atoms with van der Waals surface area (Å²) in [7, 11) is 0. The van der Waals surface area contributed by atoms with E-state index >= 15 is 0 Å². The SMILES string of the molecule is Cc1noc(C)c1-c1ccc2c(-c3nc(N[C@@H]4CC5CCN(CC5)C4)ncc3C(F)(F)F)c[nH]c2n1. The van der Waals surface area contributed by atoms with Crippen LogP contribution < -0.4 is 5.32 Å². The molecule has 0 aliphatic carbocycles. The molecule has 0 aromatic carbocycles. The lowest BCUT2D eigenvalue weighted by Crippen LogP contribution is -2.35. The van der Waals surface area contributed by atoms with Gasteiger partial charge in [0.25, 0.3) is 0 Å². The largest absolute Gasteiger partial charge is 0.419 e. The molecular formula is C25H26F3N7O. The van der Waals surface area contributed by atoms with Crippen LogP contribution in [0.5, 0.6) is 0 Å². The molecule has 3 aliphatic heterocycles. The molecule has 4 aromatic heterocycles. The van der Waals surface area contributed by atoms with Crippen LogP contribution in [0.15, 0.2) is 29.0 Å². The van der Waals surface area contributed by atoms with E-state index in [1.165, 1.54) is 6.20 Å². The van der Waals surface area contributed by atoms with Crippen LogP contribution in [0, 0.1) is 19.8 Å². The standard InChI is InChI=1S/C25H26F3N7O/c1-13-21(14(2)36-34-13)20-4-3-17-18(10-29-23(17)32-20)22-19(25(26,27)28)11-30-24(33-22)31-16-9-15-5-7-35(12-16)8-6-15/h3-4,10-11,15-16H,5-9,12H2,1-2H3,(H,29,32)(H,30,31,33)/t16-/m1/s1. The Kier molecular flexibility index (Phi) is 5.47. The number of H-pyrrole nitrogens is 1. The monoisotopic (exact) mass is 497 g/mol. The predicted octanol–water partition coefficient (Wildman–Crippen LogP) is 5.21. The summed E-state index contributed by atoms with van der Waals surface area (Å²) < 4.78 is 47.2. The molecule has 4 aromatic rings. The third-order valence-electron chi connectivity index (χ3n) is 7.31. The van der Waals surface area contributed by atoms with Gasteiger partial charge in [-0.15, -0.1) is 0 Å². The van der Waals surface area contributed by atoms with Gasteiger partial charge in [0.15, 0.2) is 0 Å². The van der Waals surface area contributed by atoms with Crippen molar-refractivity contribution in [2.75, 3.05) is 25.0 Å². The third-order valence-corrected chi connectivity index (χ3v) is 7.31. The summed E-state index contributed by atoms with van der Waals surface area (Å²) >= 11 is 0. The zero-order chi connectivity index (χ0) is 25.0. The number of aromatic amines is 1. The molecule has 2 bridgehead atoms. The van der Waals surface area contributed by atoms with Crippen molar-refractivity contribution in [3.8, 4) is 22.5 Å². The van der Waals surface area contributed by atoms with E-state index in [1.54, 1.807) is 19.1 Å². The van der Waals surface area contributed by atoms with E-state index in [4.69, 9.17) is 4.52 Å². The first-order valence-corrected chi connectivity index (χ1v) is 12.1. The number of fused-ring (bicyclic) bond motifs is 5. The molecule has 8 nitrogen and oxygen atoms in total. The Morgan fingerprint density at radius 3 is 2.67 bits per heavy atom. The van der Waals surface area contributed by atoms with Crippen molar-refractivity contribution in [2.45, 2.75) is 45.3 Å². The Balaban J connectivity index is 1.38. The number of aryl methyl sites for hydroxylation is 2. The van der Waals surface area contributed by atoms with E-state index in [1.807, 2.05) is 6.92 Å².